The molecular formula is C21H21FN6O3S. The molecule has 0 saturated carbocycles. The predicted molar refractivity (Wildman–Crippen MR) is 116 cm³/mol. The number of hydrogen-bond acceptors (Lipinski definition) is 8. The molecule has 1 spiro atoms. The van der Waals surface area contributed by atoms with Crippen LogP contribution in [0.5, 0.6) is 0 Å². The molecular weight excluding hydrogens is 435 g/mol. The molecule has 166 valence electrons. The topological polar surface area (TPSA) is 142 Å². The van der Waals surface area contributed by atoms with E-state index in [4.69, 9.17) is 11.0 Å². The molecule has 1 atom stereocenters. The van der Waals surface area contributed by atoms with Gasteiger partial charge in [-0.15, -0.1) is 0 Å². The summed E-state index contributed by atoms with van der Waals surface area (Å²) in [4.78, 5) is 22.7. The number of halogens is 1. The van der Waals surface area contributed by atoms with Crippen LogP contribution in [0.25, 0.3) is 0 Å². The van der Waals surface area contributed by atoms with Crippen molar-refractivity contribution in [2.24, 2.45) is 10.7 Å². The van der Waals surface area contributed by atoms with Crippen LogP contribution in [-0.2, 0) is 15.4 Å². The Morgan fingerprint density at radius 2 is 2.03 bits per heavy atom. The molecule has 3 heterocycles. The van der Waals surface area contributed by atoms with Crippen molar-refractivity contribution >= 4 is 27.3 Å². The van der Waals surface area contributed by atoms with Crippen LogP contribution in [0.3, 0.4) is 0 Å². The number of aliphatic imine (C=N–C) groups is 1. The molecule has 2 aromatic rings. The van der Waals surface area contributed by atoms with Crippen molar-refractivity contribution in [3.63, 3.8) is 0 Å². The number of nitriles is 1. The van der Waals surface area contributed by atoms with Gasteiger partial charge in [-0.1, -0.05) is 0 Å². The van der Waals surface area contributed by atoms with Gasteiger partial charge < -0.3 is 16.0 Å². The van der Waals surface area contributed by atoms with E-state index >= 15 is 0 Å². The molecule has 0 aliphatic carbocycles. The number of benzene rings is 1. The minimum atomic E-state index is -3.71. The third-order valence-electron chi connectivity index (χ3n) is 5.88. The zero-order chi connectivity index (χ0) is 23.3. The number of aromatic nitrogens is 1. The number of likely N-dealkylation sites (tertiary alicyclic amines) is 1. The summed E-state index contributed by atoms with van der Waals surface area (Å²) >= 11 is 0. The fourth-order valence-electron chi connectivity index (χ4n) is 4.20. The summed E-state index contributed by atoms with van der Waals surface area (Å²) < 4.78 is 39.8. The van der Waals surface area contributed by atoms with Crippen molar-refractivity contribution in [3.05, 3.63) is 59.2 Å². The number of carbonyl (C=O) groups excluding carboxylic acids is 1. The lowest BCUT2D eigenvalue weighted by Gasteiger charge is -2.51. The predicted octanol–water partition coefficient (Wildman–Crippen LogP) is 1.03. The van der Waals surface area contributed by atoms with E-state index in [2.05, 4.69) is 15.3 Å². The third-order valence-corrected chi connectivity index (χ3v) is 8.48. The lowest BCUT2D eigenvalue weighted by Crippen LogP contribution is -2.73. The summed E-state index contributed by atoms with van der Waals surface area (Å²) in [5.41, 5.74) is 5.30. The number of anilines is 1. The highest BCUT2D eigenvalue weighted by Gasteiger charge is 2.60. The van der Waals surface area contributed by atoms with Crippen molar-refractivity contribution in [1.29, 1.82) is 5.26 Å². The van der Waals surface area contributed by atoms with Gasteiger partial charge in [0.25, 0.3) is 5.91 Å². The highest BCUT2D eigenvalue weighted by atomic mass is 32.2. The lowest BCUT2D eigenvalue weighted by atomic mass is 9.91. The Morgan fingerprint density at radius 3 is 2.59 bits per heavy atom. The summed E-state index contributed by atoms with van der Waals surface area (Å²) in [5.74, 6) is -1.65. The van der Waals surface area contributed by atoms with E-state index in [9.17, 15) is 17.6 Å². The molecule has 4 rings (SSSR count). The lowest BCUT2D eigenvalue weighted by molar-refractivity contribution is 0.102. The summed E-state index contributed by atoms with van der Waals surface area (Å²) in [5, 5.41) is 11.4. The molecule has 0 bridgehead atoms. The summed E-state index contributed by atoms with van der Waals surface area (Å²) in [6.45, 7) is 2.01. The van der Waals surface area contributed by atoms with Gasteiger partial charge in [0.05, 0.1) is 11.3 Å². The normalized spacial score (nSPS) is 23.6. The second kappa shape index (κ2) is 7.36. The average Bonchev–Trinajstić information content (AvgIpc) is 2.71. The van der Waals surface area contributed by atoms with E-state index in [1.165, 1.54) is 37.4 Å². The first-order chi connectivity index (χ1) is 15.0. The molecule has 32 heavy (non-hydrogen) atoms. The molecule has 0 radical (unpaired) electrons. The third kappa shape index (κ3) is 3.41. The first-order valence-corrected chi connectivity index (χ1v) is 11.4. The molecule has 1 amide bonds. The number of nitrogens with two attached hydrogens (primary N) is 1. The summed E-state index contributed by atoms with van der Waals surface area (Å²) in [6.07, 6.45) is 1.27. The largest absolute Gasteiger partial charge is 0.386 e. The van der Waals surface area contributed by atoms with E-state index in [0.717, 1.165) is 6.07 Å². The SMILES string of the molecule is CN1CC2(C1)C(N)=NC(C)(c1cc(NC(=O)c3ccc(C#N)cn3)ccc1F)CS2(=O)=O. The quantitative estimate of drug-likeness (QED) is 0.702. The molecule has 1 aromatic carbocycles. The Balaban J connectivity index is 1.66. The van der Waals surface area contributed by atoms with Crippen molar-refractivity contribution < 1.29 is 17.6 Å². The van der Waals surface area contributed by atoms with Crippen LogP contribution in [0.15, 0.2) is 41.5 Å². The number of amidine groups is 1. The molecule has 9 nitrogen and oxygen atoms in total. The van der Waals surface area contributed by atoms with E-state index in [0.29, 0.717) is 5.56 Å². The number of nitrogens with one attached hydrogen (secondary N) is 1. The minimum Gasteiger partial charge on any atom is -0.386 e. The smallest absolute Gasteiger partial charge is 0.274 e. The Labute approximate surface area is 184 Å². The van der Waals surface area contributed by atoms with Crippen LogP contribution >= 0.6 is 0 Å². The van der Waals surface area contributed by atoms with Gasteiger partial charge in [-0.25, -0.2) is 17.8 Å². The number of carbonyl (C=O) groups is 1. The molecule has 1 unspecified atom stereocenters. The number of rotatable bonds is 3. The molecule has 1 saturated heterocycles. The van der Waals surface area contributed by atoms with Gasteiger partial charge in [-0.3, -0.25) is 9.79 Å². The van der Waals surface area contributed by atoms with Gasteiger partial charge in [0.15, 0.2) is 14.6 Å². The number of pyridine rings is 1. The molecule has 11 heteroatoms. The maximum absolute atomic E-state index is 14.8. The van der Waals surface area contributed by atoms with E-state index < -0.39 is 37.6 Å². The van der Waals surface area contributed by atoms with Crippen LogP contribution in [0, 0.1) is 17.1 Å². The summed E-state index contributed by atoms with van der Waals surface area (Å²) in [6, 6.07) is 8.62. The van der Waals surface area contributed by atoms with Gasteiger partial charge >= 0.3 is 0 Å². The van der Waals surface area contributed by atoms with Crippen LogP contribution < -0.4 is 11.1 Å². The van der Waals surface area contributed by atoms with Gasteiger partial charge in [0.2, 0.25) is 0 Å². The zero-order valence-electron chi connectivity index (χ0n) is 17.5. The maximum Gasteiger partial charge on any atom is 0.274 e. The van der Waals surface area contributed by atoms with Gasteiger partial charge in [0, 0.05) is 30.5 Å². The number of hydrogen-bond donors (Lipinski definition) is 2. The Morgan fingerprint density at radius 1 is 1.31 bits per heavy atom. The fourth-order valence-corrected chi connectivity index (χ4v) is 6.63. The maximum atomic E-state index is 14.8. The Hall–Kier alpha value is -3.36. The van der Waals surface area contributed by atoms with Crippen molar-refractivity contribution in [1.82, 2.24) is 9.88 Å². The van der Waals surface area contributed by atoms with Gasteiger partial charge in [-0.2, -0.15) is 5.26 Å². The van der Waals surface area contributed by atoms with Crippen LogP contribution in [0.4, 0.5) is 10.1 Å². The van der Waals surface area contributed by atoms with Crippen LogP contribution in [-0.4, -0.2) is 60.7 Å². The Kier molecular flexibility index (Phi) is 5.02. The van der Waals surface area contributed by atoms with Crippen LogP contribution in [0.2, 0.25) is 0 Å². The second-order valence-electron chi connectivity index (χ2n) is 8.39. The molecule has 3 N–H and O–H groups in total. The second-order valence-corrected chi connectivity index (χ2v) is 10.7. The minimum absolute atomic E-state index is 0.0112. The van der Waals surface area contributed by atoms with E-state index in [1.807, 2.05) is 11.0 Å². The number of sulfone groups is 1. The van der Waals surface area contributed by atoms with E-state index in [-0.39, 0.29) is 35.9 Å². The van der Waals surface area contributed by atoms with Gasteiger partial charge in [-0.05, 0) is 44.3 Å². The summed E-state index contributed by atoms with van der Waals surface area (Å²) in [7, 11) is -1.93. The zero-order valence-corrected chi connectivity index (χ0v) is 18.3. The standard InChI is InChI=1S/C21H21FN6O3S/c1-20(12-32(30,31)21(19(24)27-20)10-28(2)11-21)15-7-14(4-5-16(15)22)26-18(29)17-6-3-13(8-23)9-25-17/h3-7,9H,10-12H2,1-2H3,(H2,24,27)(H,26,29). The Bertz CT molecular complexity index is 1280. The van der Waals surface area contributed by atoms with Crippen LogP contribution in [0.1, 0.15) is 28.5 Å². The first kappa shape index (κ1) is 21.9. The van der Waals surface area contributed by atoms with Crippen molar-refractivity contribution in [2.75, 3.05) is 31.2 Å². The van der Waals surface area contributed by atoms with E-state index in [1.54, 1.807) is 7.05 Å². The molecule has 2 aliphatic rings. The molecule has 2 aliphatic heterocycles. The molecule has 1 aromatic heterocycles. The fraction of sp³-hybridized carbons (Fsp3) is 0.333. The molecule has 1 fully saturated rings. The van der Waals surface area contributed by atoms with Gasteiger partial charge in [0.1, 0.15) is 29.0 Å². The highest BCUT2D eigenvalue weighted by Crippen LogP contribution is 2.42. The highest BCUT2D eigenvalue weighted by molar-refractivity contribution is 7.93. The van der Waals surface area contributed by atoms with Crippen molar-refractivity contribution in [2.45, 2.75) is 17.2 Å². The average molecular weight is 457 g/mol. The first-order valence-electron chi connectivity index (χ1n) is 9.74. The van der Waals surface area contributed by atoms with Crippen molar-refractivity contribution in [3.8, 4) is 6.07 Å². The number of amides is 1. The monoisotopic (exact) mass is 456 g/mol. The number of nitrogens with zero attached hydrogens (tertiary/aromatic N) is 4.